The zero-order chi connectivity index (χ0) is 25.7. The van der Waals surface area contributed by atoms with Gasteiger partial charge >= 0.3 is 0 Å². The van der Waals surface area contributed by atoms with Crippen LogP contribution in [0.1, 0.15) is 19.4 Å². The maximum absolute atomic E-state index is 12.8. The summed E-state index contributed by atoms with van der Waals surface area (Å²) in [7, 11) is -3.31. The minimum absolute atomic E-state index is 0.0379. The number of rotatable bonds is 8. The van der Waals surface area contributed by atoms with E-state index in [1.54, 1.807) is 38.1 Å². The SMILES string of the molecule is CC(C)S(=O)(=O)c1ccc(CC(=O)N2CCN(c3ccc(N4CCN(CCO)CC4)nn3)CC2)cc1. The number of carbonyl (C=O) groups excluding carboxylic acids is 1. The summed E-state index contributed by atoms with van der Waals surface area (Å²) in [5, 5.41) is 17.5. The summed E-state index contributed by atoms with van der Waals surface area (Å²) in [6.07, 6.45) is 0.252. The van der Waals surface area contributed by atoms with Crippen molar-refractivity contribution in [1.29, 1.82) is 0 Å². The van der Waals surface area contributed by atoms with E-state index in [0.29, 0.717) is 37.6 Å². The molecule has 10 nitrogen and oxygen atoms in total. The highest BCUT2D eigenvalue weighted by Crippen LogP contribution is 2.19. The van der Waals surface area contributed by atoms with Crippen molar-refractivity contribution in [1.82, 2.24) is 20.0 Å². The molecule has 0 saturated carbocycles. The van der Waals surface area contributed by atoms with Crippen LogP contribution in [0.4, 0.5) is 11.6 Å². The molecule has 2 aliphatic heterocycles. The highest BCUT2D eigenvalue weighted by atomic mass is 32.2. The second-order valence-corrected chi connectivity index (χ2v) is 12.1. The minimum atomic E-state index is -3.31. The number of hydrogen-bond donors (Lipinski definition) is 1. The average Bonchev–Trinajstić information content (AvgIpc) is 2.90. The Hall–Kier alpha value is -2.76. The first-order valence-corrected chi connectivity index (χ1v) is 14.1. The molecular weight excluding hydrogens is 480 g/mol. The Bertz CT molecular complexity index is 1110. The molecule has 0 radical (unpaired) electrons. The van der Waals surface area contributed by atoms with E-state index in [9.17, 15) is 13.2 Å². The summed E-state index contributed by atoms with van der Waals surface area (Å²) in [5.41, 5.74) is 0.809. The lowest BCUT2D eigenvalue weighted by atomic mass is 10.1. The van der Waals surface area contributed by atoms with Crippen LogP contribution in [-0.2, 0) is 21.1 Å². The van der Waals surface area contributed by atoms with Crippen LogP contribution >= 0.6 is 0 Å². The number of benzene rings is 1. The van der Waals surface area contributed by atoms with Crippen molar-refractivity contribution in [2.75, 3.05) is 75.3 Å². The standard InChI is InChI=1S/C25H36N6O4S/c1-20(2)36(34,35)22-5-3-21(4-6-22)19-25(33)31-15-13-30(14-16-31)24-8-7-23(26-27-24)29-11-9-28(10-12-29)17-18-32/h3-8,20,32H,9-19H2,1-2H3. The summed E-state index contributed by atoms with van der Waals surface area (Å²) in [6.45, 7) is 10.3. The van der Waals surface area contributed by atoms with Gasteiger partial charge in [0.05, 0.1) is 23.2 Å². The number of amides is 1. The highest BCUT2D eigenvalue weighted by Gasteiger charge is 2.24. The van der Waals surface area contributed by atoms with Gasteiger partial charge in [-0.05, 0) is 43.7 Å². The van der Waals surface area contributed by atoms with Crippen molar-refractivity contribution in [2.45, 2.75) is 30.4 Å². The quantitative estimate of drug-likeness (QED) is 0.541. The number of carbonyl (C=O) groups is 1. The first-order valence-electron chi connectivity index (χ1n) is 12.6. The largest absolute Gasteiger partial charge is 0.395 e. The molecule has 0 bridgehead atoms. The number of hydrogen-bond acceptors (Lipinski definition) is 9. The lowest BCUT2D eigenvalue weighted by molar-refractivity contribution is -0.130. The molecule has 1 aromatic carbocycles. The Morgan fingerprint density at radius 3 is 1.86 bits per heavy atom. The Kier molecular flexibility index (Phi) is 8.43. The first kappa shape index (κ1) is 26.3. The third-order valence-electron chi connectivity index (χ3n) is 6.93. The molecule has 196 valence electrons. The predicted molar refractivity (Wildman–Crippen MR) is 139 cm³/mol. The molecule has 2 saturated heterocycles. The van der Waals surface area contributed by atoms with E-state index in [4.69, 9.17) is 5.11 Å². The van der Waals surface area contributed by atoms with E-state index in [2.05, 4.69) is 24.9 Å². The molecule has 2 aromatic rings. The van der Waals surface area contributed by atoms with Gasteiger partial charge in [-0.25, -0.2) is 8.42 Å². The lowest BCUT2D eigenvalue weighted by Crippen LogP contribution is -2.49. The number of nitrogens with zero attached hydrogens (tertiary/aromatic N) is 6. The molecule has 1 amide bonds. The van der Waals surface area contributed by atoms with Gasteiger partial charge in [-0.1, -0.05) is 12.1 Å². The third-order valence-corrected chi connectivity index (χ3v) is 9.10. The third kappa shape index (κ3) is 6.13. The fourth-order valence-electron chi connectivity index (χ4n) is 4.54. The molecule has 1 N–H and O–H groups in total. The Morgan fingerprint density at radius 1 is 0.861 bits per heavy atom. The zero-order valence-corrected chi connectivity index (χ0v) is 21.9. The topological polar surface area (TPSA) is 110 Å². The van der Waals surface area contributed by atoms with E-state index >= 15 is 0 Å². The number of aromatic nitrogens is 2. The van der Waals surface area contributed by atoms with Crippen molar-refractivity contribution < 1.29 is 18.3 Å². The van der Waals surface area contributed by atoms with Crippen LogP contribution in [-0.4, -0.2) is 110 Å². The summed E-state index contributed by atoms with van der Waals surface area (Å²) in [6, 6.07) is 10.6. The summed E-state index contributed by atoms with van der Waals surface area (Å²) in [5.74, 6) is 1.71. The minimum Gasteiger partial charge on any atom is -0.395 e. The number of anilines is 2. The maximum atomic E-state index is 12.8. The van der Waals surface area contributed by atoms with Crippen molar-refractivity contribution in [3.8, 4) is 0 Å². The van der Waals surface area contributed by atoms with Crippen molar-refractivity contribution in [3.05, 3.63) is 42.0 Å². The van der Waals surface area contributed by atoms with Gasteiger partial charge < -0.3 is 19.8 Å². The number of piperazine rings is 2. The molecule has 11 heteroatoms. The van der Waals surface area contributed by atoms with Crippen molar-refractivity contribution in [3.63, 3.8) is 0 Å². The van der Waals surface area contributed by atoms with E-state index in [-0.39, 0.29) is 18.9 Å². The van der Waals surface area contributed by atoms with E-state index < -0.39 is 15.1 Å². The van der Waals surface area contributed by atoms with Gasteiger partial charge in [-0.3, -0.25) is 9.69 Å². The van der Waals surface area contributed by atoms with Gasteiger partial charge in [-0.15, -0.1) is 10.2 Å². The second kappa shape index (κ2) is 11.5. The lowest BCUT2D eigenvalue weighted by Gasteiger charge is -2.36. The van der Waals surface area contributed by atoms with Gasteiger partial charge in [0.2, 0.25) is 5.91 Å². The molecular formula is C25H36N6O4S. The molecule has 4 rings (SSSR count). The van der Waals surface area contributed by atoms with Crippen LogP contribution in [0, 0.1) is 0 Å². The zero-order valence-electron chi connectivity index (χ0n) is 21.1. The molecule has 1 aromatic heterocycles. The molecule has 36 heavy (non-hydrogen) atoms. The van der Waals surface area contributed by atoms with Crippen LogP contribution in [0.2, 0.25) is 0 Å². The van der Waals surface area contributed by atoms with Crippen molar-refractivity contribution >= 4 is 27.4 Å². The Labute approximate surface area is 213 Å². The predicted octanol–water partition coefficient (Wildman–Crippen LogP) is 0.664. The molecule has 2 fully saturated rings. The average molecular weight is 517 g/mol. The fraction of sp³-hybridized carbons (Fsp3) is 0.560. The number of β-amino-alcohol motifs (C(OH)–C–C–N with tert-alkyl or cyclic N) is 1. The number of aliphatic hydroxyl groups is 1. The summed E-state index contributed by atoms with van der Waals surface area (Å²) >= 11 is 0. The van der Waals surface area contributed by atoms with Gasteiger partial charge in [0.15, 0.2) is 21.5 Å². The van der Waals surface area contributed by atoms with Gasteiger partial charge in [0.1, 0.15) is 0 Å². The Morgan fingerprint density at radius 2 is 1.39 bits per heavy atom. The van der Waals surface area contributed by atoms with E-state index in [1.807, 2.05) is 17.0 Å². The molecule has 0 unspecified atom stereocenters. The molecule has 0 aliphatic carbocycles. The second-order valence-electron chi connectivity index (χ2n) is 9.58. The molecule has 2 aliphatic rings. The molecule has 3 heterocycles. The van der Waals surface area contributed by atoms with Crippen LogP contribution < -0.4 is 9.80 Å². The molecule has 0 spiro atoms. The number of sulfone groups is 1. The van der Waals surface area contributed by atoms with E-state index in [1.165, 1.54) is 0 Å². The smallest absolute Gasteiger partial charge is 0.227 e. The van der Waals surface area contributed by atoms with Crippen LogP contribution in [0.5, 0.6) is 0 Å². The van der Waals surface area contributed by atoms with Gasteiger partial charge in [0, 0.05) is 58.9 Å². The summed E-state index contributed by atoms with van der Waals surface area (Å²) < 4.78 is 24.6. The Balaban J connectivity index is 1.26. The molecule has 0 atom stereocenters. The van der Waals surface area contributed by atoms with Crippen molar-refractivity contribution in [2.24, 2.45) is 0 Å². The van der Waals surface area contributed by atoms with Gasteiger partial charge in [-0.2, -0.15) is 0 Å². The van der Waals surface area contributed by atoms with Crippen LogP contribution in [0.3, 0.4) is 0 Å². The fourth-order valence-corrected chi connectivity index (χ4v) is 5.60. The normalized spacial score (nSPS) is 17.6. The maximum Gasteiger partial charge on any atom is 0.227 e. The first-order chi connectivity index (χ1) is 17.3. The van der Waals surface area contributed by atoms with Crippen LogP contribution in [0.25, 0.3) is 0 Å². The van der Waals surface area contributed by atoms with Crippen LogP contribution in [0.15, 0.2) is 41.3 Å². The highest BCUT2D eigenvalue weighted by molar-refractivity contribution is 7.92. The monoisotopic (exact) mass is 516 g/mol. The van der Waals surface area contributed by atoms with Gasteiger partial charge in [0.25, 0.3) is 0 Å². The van der Waals surface area contributed by atoms with E-state index in [0.717, 1.165) is 43.4 Å². The number of aliphatic hydroxyl groups excluding tert-OH is 1. The summed E-state index contributed by atoms with van der Waals surface area (Å²) in [4.78, 5) is 21.6.